The van der Waals surface area contributed by atoms with Crippen LogP contribution in [0.2, 0.25) is 0 Å². The summed E-state index contributed by atoms with van der Waals surface area (Å²) in [5, 5.41) is 9.37. The van der Waals surface area contributed by atoms with Crippen molar-refractivity contribution in [3.63, 3.8) is 0 Å². The number of likely N-dealkylation sites (N-methyl/N-ethyl adjacent to an activating group) is 1. The summed E-state index contributed by atoms with van der Waals surface area (Å²) in [6.07, 6.45) is -3.50. The van der Waals surface area contributed by atoms with Gasteiger partial charge >= 0.3 is 6.18 Å². The van der Waals surface area contributed by atoms with Gasteiger partial charge in [-0.2, -0.15) is 18.3 Å². The number of amides is 1. The van der Waals surface area contributed by atoms with Crippen LogP contribution < -0.4 is 15.4 Å². The van der Waals surface area contributed by atoms with E-state index < -0.39 is 23.6 Å². The van der Waals surface area contributed by atoms with Gasteiger partial charge in [0.05, 0.1) is 13.2 Å². The van der Waals surface area contributed by atoms with E-state index in [-0.39, 0.29) is 18.3 Å². The Hall–Kier alpha value is -2.66. The quantitative estimate of drug-likeness (QED) is 0.597. The van der Waals surface area contributed by atoms with E-state index in [2.05, 4.69) is 20.6 Å². The highest BCUT2D eigenvalue weighted by Gasteiger charge is 2.37. The molecule has 1 amide bonds. The third kappa shape index (κ3) is 5.77. The largest absolute Gasteiger partial charge is 0.496 e. The molecule has 0 saturated carbocycles. The Labute approximate surface area is 183 Å². The normalized spacial score (nSPS) is 15.7. The summed E-state index contributed by atoms with van der Waals surface area (Å²) in [5.41, 5.74) is -0.897. The molecule has 2 N–H and O–H groups in total. The van der Waals surface area contributed by atoms with Crippen LogP contribution in [-0.2, 0) is 12.7 Å². The molecule has 11 heteroatoms. The maximum atomic E-state index is 13.6. The summed E-state index contributed by atoms with van der Waals surface area (Å²) in [6, 6.07) is 4.30. The molecule has 0 atom stereocenters. The average molecular weight is 457 g/mol. The number of hydrogen-bond acceptors (Lipinski definition) is 5. The Morgan fingerprint density at radius 1 is 1.25 bits per heavy atom. The topological polar surface area (TPSA) is 71.4 Å². The Morgan fingerprint density at radius 3 is 2.59 bits per heavy atom. The number of alkyl halides is 3. The van der Waals surface area contributed by atoms with Crippen molar-refractivity contribution in [2.75, 3.05) is 40.3 Å². The number of carbonyl (C=O) groups is 1. The lowest BCUT2D eigenvalue weighted by Crippen LogP contribution is -2.39. The molecule has 7 nitrogen and oxygen atoms in total. The summed E-state index contributed by atoms with van der Waals surface area (Å²) < 4.78 is 59.9. The predicted molar refractivity (Wildman–Crippen MR) is 110 cm³/mol. The van der Waals surface area contributed by atoms with Crippen LogP contribution in [0.25, 0.3) is 0 Å². The van der Waals surface area contributed by atoms with E-state index in [0.717, 1.165) is 19.2 Å². The maximum absolute atomic E-state index is 13.6. The van der Waals surface area contributed by atoms with Crippen molar-refractivity contribution in [1.82, 2.24) is 25.3 Å². The van der Waals surface area contributed by atoms with Gasteiger partial charge in [0.15, 0.2) is 5.69 Å². The van der Waals surface area contributed by atoms with Crippen LogP contribution >= 0.6 is 0 Å². The van der Waals surface area contributed by atoms with Gasteiger partial charge in [-0.1, -0.05) is 0 Å². The van der Waals surface area contributed by atoms with Crippen LogP contribution in [0.5, 0.6) is 5.75 Å². The molecule has 1 aliphatic rings. The molecular weight excluding hydrogens is 430 g/mol. The van der Waals surface area contributed by atoms with E-state index in [1.165, 1.54) is 30.0 Å². The fourth-order valence-electron chi connectivity index (χ4n) is 3.79. The molecule has 1 aromatic carbocycles. The lowest BCUT2D eigenvalue weighted by atomic mass is 10.0. The van der Waals surface area contributed by atoms with Gasteiger partial charge in [0.1, 0.15) is 17.3 Å². The first-order valence-corrected chi connectivity index (χ1v) is 10.4. The van der Waals surface area contributed by atoms with E-state index in [4.69, 9.17) is 4.74 Å². The predicted octanol–water partition coefficient (Wildman–Crippen LogP) is 2.84. The maximum Gasteiger partial charge on any atom is 0.435 e. The van der Waals surface area contributed by atoms with Crippen LogP contribution in [0.1, 0.15) is 40.6 Å². The van der Waals surface area contributed by atoms with E-state index >= 15 is 0 Å². The van der Waals surface area contributed by atoms with E-state index in [0.29, 0.717) is 37.2 Å². The fraction of sp³-hybridized carbons (Fsp3) is 0.524. The Morgan fingerprint density at radius 2 is 1.97 bits per heavy atom. The highest BCUT2D eigenvalue weighted by molar-refractivity contribution is 5.92. The van der Waals surface area contributed by atoms with Crippen LogP contribution in [0, 0.1) is 5.82 Å². The van der Waals surface area contributed by atoms with E-state index in [9.17, 15) is 22.4 Å². The molecule has 1 fully saturated rings. The molecule has 2 heterocycles. The Kier molecular flexibility index (Phi) is 7.73. The first-order valence-electron chi connectivity index (χ1n) is 10.4. The number of likely N-dealkylation sites (tertiary alicyclic amines) is 1. The number of benzene rings is 1. The molecule has 0 radical (unpaired) electrons. The number of piperidine rings is 1. The number of nitrogens with one attached hydrogen (secondary N) is 2. The average Bonchev–Trinajstić information content (AvgIpc) is 3.23. The van der Waals surface area contributed by atoms with Crippen molar-refractivity contribution in [2.24, 2.45) is 0 Å². The Balaban J connectivity index is 1.77. The van der Waals surface area contributed by atoms with Gasteiger partial charge in [0.2, 0.25) is 0 Å². The molecule has 2 aromatic rings. The van der Waals surface area contributed by atoms with E-state index in [1.807, 2.05) is 7.05 Å². The van der Waals surface area contributed by atoms with Crippen molar-refractivity contribution in [2.45, 2.75) is 31.6 Å². The monoisotopic (exact) mass is 457 g/mol. The van der Waals surface area contributed by atoms with Gasteiger partial charge < -0.3 is 20.3 Å². The van der Waals surface area contributed by atoms with Crippen LogP contribution in [0.15, 0.2) is 24.3 Å². The van der Waals surface area contributed by atoms with Crippen molar-refractivity contribution in [3.05, 3.63) is 47.0 Å². The van der Waals surface area contributed by atoms with Crippen LogP contribution in [-0.4, -0.2) is 60.9 Å². The molecule has 32 heavy (non-hydrogen) atoms. The molecule has 176 valence electrons. The number of methoxy groups -OCH3 is 1. The second-order valence-corrected chi connectivity index (χ2v) is 7.67. The summed E-state index contributed by atoms with van der Waals surface area (Å²) in [5.74, 6) is -0.855. The number of hydrogen-bond donors (Lipinski definition) is 2. The number of rotatable bonds is 8. The number of nitrogens with zero attached hydrogens (tertiary/aromatic N) is 3. The smallest absolute Gasteiger partial charge is 0.435 e. The highest BCUT2D eigenvalue weighted by atomic mass is 19.4. The van der Waals surface area contributed by atoms with Crippen LogP contribution in [0.3, 0.4) is 0 Å². The molecule has 0 bridgehead atoms. The zero-order valence-corrected chi connectivity index (χ0v) is 18.0. The molecule has 1 aromatic heterocycles. The van der Waals surface area contributed by atoms with Crippen molar-refractivity contribution >= 4 is 5.91 Å². The van der Waals surface area contributed by atoms with Crippen molar-refractivity contribution in [3.8, 4) is 5.75 Å². The van der Waals surface area contributed by atoms with E-state index in [1.54, 1.807) is 0 Å². The standard InChI is InChI=1S/C21H27F4N5O2/c1-26-7-10-29-8-5-16(6-9-29)30-17(12-19(28-30)21(23,24)25)20(31)27-13-14-11-15(22)3-4-18(14)32-2/h3-4,11-12,16,26H,5-10,13H2,1-2H3,(H,27,31). The number of ether oxygens (including phenoxy) is 1. The SMILES string of the molecule is CNCCN1CCC(n2nc(C(F)(F)F)cc2C(=O)NCc2cc(F)ccc2OC)CC1. The summed E-state index contributed by atoms with van der Waals surface area (Å²) in [6.45, 7) is 2.97. The first kappa shape index (κ1) is 24.0. The first-order chi connectivity index (χ1) is 15.2. The third-order valence-corrected chi connectivity index (χ3v) is 5.52. The van der Waals surface area contributed by atoms with Gasteiger partial charge in [0.25, 0.3) is 5.91 Å². The second-order valence-electron chi connectivity index (χ2n) is 7.67. The highest BCUT2D eigenvalue weighted by Crippen LogP contribution is 2.31. The minimum absolute atomic E-state index is 0.102. The zero-order chi connectivity index (χ0) is 23.3. The lowest BCUT2D eigenvalue weighted by molar-refractivity contribution is -0.141. The minimum atomic E-state index is -4.67. The van der Waals surface area contributed by atoms with Crippen LogP contribution in [0.4, 0.5) is 17.6 Å². The molecule has 1 aliphatic heterocycles. The Bertz CT molecular complexity index is 923. The zero-order valence-electron chi connectivity index (χ0n) is 18.0. The van der Waals surface area contributed by atoms with Gasteiger partial charge in [-0.3, -0.25) is 9.48 Å². The molecule has 0 spiro atoms. The third-order valence-electron chi connectivity index (χ3n) is 5.52. The minimum Gasteiger partial charge on any atom is -0.496 e. The molecule has 1 saturated heterocycles. The molecule has 0 aliphatic carbocycles. The van der Waals surface area contributed by atoms with Gasteiger partial charge in [0, 0.05) is 44.4 Å². The fourth-order valence-corrected chi connectivity index (χ4v) is 3.79. The lowest BCUT2D eigenvalue weighted by Gasteiger charge is -2.32. The van der Waals surface area contributed by atoms with Gasteiger partial charge in [-0.15, -0.1) is 0 Å². The van der Waals surface area contributed by atoms with Crippen molar-refractivity contribution in [1.29, 1.82) is 0 Å². The van der Waals surface area contributed by atoms with Gasteiger partial charge in [-0.25, -0.2) is 4.39 Å². The molecule has 0 unspecified atom stereocenters. The second kappa shape index (κ2) is 10.3. The molecular formula is C21H27F4N5O2. The number of aromatic nitrogens is 2. The number of halogens is 4. The van der Waals surface area contributed by atoms with Crippen molar-refractivity contribution < 1.29 is 27.1 Å². The summed E-state index contributed by atoms with van der Waals surface area (Å²) in [4.78, 5) is 15.0. The summed E-state index contributed by atoms with van der Waals surface area (Å²) >= 11 is 0. The summed E-state index contributed by atoms with van der Waals surface area (Å²) in [7, 11) is 3.27. The van der Waals surface area contributed by atoms with Gasteiger partial charge in [-0.05, 0) is 38.1 Å². The number of carbonyl (C=O) groups excluding carboxylic acids is 1. The molecule has 3 rings (SSSR count).